The molecule has 0 saturated heterocycles. The second-order valence-corrected chi connectivity index (χ2v) is 5.80. The first-order valence-corrected chi connectivity index (χ1v) is 7.41. The summed E-state index contributed by atoms with van der Waals surface area (Å²) in [6.07, 6.45) is -4.18. The molecule has 1 aliphatic heterocycles. The number of rotatable bonds is 2. The van der Waals surface area contributed by atoms with Crippen molar-refractivity contribution in [3.63, 3.8) is 0 Å². The van der Waals surface area contributed by atoms with Crippen molar-refractivity contribution in [3.05, 3.63) is 62.6 Å². The maximum atomic E-state index is 14.0. The van der Waals surface area contributed by atoms with Gasteiger partial charge in [-0.15, -0.1) is 0 Å². The van der Waals surface area contributed by atoms with Gasteiger partial charge in [0.25, 0.3) is 5.56 Å². The topological polar surface area (TPSA) is 49.0 Å². The SMILES string of the molecule is Cc1nc2c(c(=O)[nH]1)CN(Cc1c(F)cccc1C(F)(F)F)CC2. The number of fused-ring (bicyclic) bond motifs is 1. The van der Waals surface area contributed by atoms with Gasteiger partial charge in [-0.25, -0.2) is 9.37 Å². The minimum Gasteiger partial charge on any atom is -0.310 e. The van der Waals surface area contributed by atoms with E-state index in [2.05, 4.69) is 9.97 Å². The predicted molar refractivity (Wildman–Crippen MR) is 78.8 cm³/mol. The van der Waals surface area contributed by atoms with Crippen LogP contribution in [0.25, 0.3) is 0 Å². The predicted octanol–water partition coefficient (Wildman–Crippen LogP) is 2.79. The highest BCUT2D eigenvalue weighted by atomic mass is 19.4. The lowest BCUT2D eigenvalue weighted by atomic mass is 10.0. The van der Waals surface area contributed by atoms with Crippen molar-refractivity contribution in [2.24, 2.45) is 0 Å². The van der Waals surface area contributed by atoms with Crippen LogP contribution in [0.4, 0.5) is 17.6 Å². The normalized spacial score (nSPS) is 15.4. The first-order chi connectivity index (χ1) is 11.3. The van der Waals surface area contributed by atoms with Gasteiger partial charge in [-0.2, -0.15) is 13.2 Å². The third kappa shape index (κ3) is 3.19. The van der Waals surface area contributed by atoms with Crippen molar-refractivity contribution in [1.29, 1.82) is 0 Å². The summed E-state index contributed by atoms with van der Waals surface area (Å²) in [5.74, 6) is -0.396. The van der Waals surface area contributed by atoms with Gasteiger partial charge in [0.1, 0.15) is 11.6 Å². The Kier molecular flexibility index (Phi) is 4.16. The highest BCUT2D eigenvalue weighted by Gasteiger charge is 2.35. The van der Waals surface area contributed by atoms with Gasteiger partial charge in [-0.05, 0) is 19.1 Å². The van der Waals surface area contributed by atoms with Crippen molar-refractivity contribution in [1.82, 2.24) is 14.9 Å². The number of alkyl halides is 3. The number of nitrogens with zero attached hydrogens (tertiary/aromatic N) is 2. The monoisotopic (exact) mass is 341 g/mol. The molecule has 1 N–H and O–H groups in total. The molecule has 0 fully saturated rings. The summed E-state index contributed by atoms with van der Waals surface area (Å²) in [6.45, 7) is 2.01. The number of halogens is 4. The number of hydrogen-bond donors (Lipinski definition) is 1. The number of nitrogens with one attached hydrogen (secondary N) is 1. The molecule has 0 radical (unpaired) electrons. The van der Waals surface area contributed by atoms with E-state index in [-0.39, 0.29) is 18.6 Å². The second kappa shape index (κ2) is 6.01. The molecule has 0 bridgehead atoms. The smallest absolute Gasteiger partial charge is 0.310 e. The number of hydrogen-bond acceptors (Lipinski definition) is 3. The second-order valence-electron chi connectivity index (χ2n) is 5.80. The Bertz CT molecular complexity index is 829. The molecule has 0 saturated carbocycles. The fraction of sp³-hybridized carbons (Fsp3) is 0.375. The maximum Gasteiger partial charge on any atom is 0.416 e. The molecule has 1 aromatic heterocycles. The fourth-order valence-corrected chi connectivity index (χ4v) is 2.95. The Morgan fingerprint density at radius 1 is 1.33 bits per heavy atom. The molecule has 0 aliphatic carbocycles. The van der Waals surface area contributed by atoms with E-state index < -0.39 is 23.1 Å². The van der Waals surface area contributed by atoms with Crippen molar-refractivity contribution in [2.75, 3.05) is 6.54 Å². The summed E-state index contributed by atoms with van der Waals surface area (Å²) in [7, 11) is 0. The lowest BCUT2D eigenvalue weighted by Crippen LogP contribution is -2.36. The minimum atomic E-state index is -4.62. The van der Waals surface area contributed by atoms with Crippen molar-refractivity contribution >= 4 is 0 Å². The zero-order chi connectivity index (χ0) is 17.5. The molecular formula is C16H15F4N3O. The van der Waals surface area contributed by atoms with Gasteiger partial charge < -0.3 is 4.98 Å². The molecule has 128 valence electrons. The highest BCUT2D eigenvalue weighted by Crippen LogP contribution is 2.34. The molecule has 0 atom stereocenters. The maximum absolute atomic E-state index is 14.0. The third-order valence-corrected chi connectivity index (χ3v) is 4.07. The van der Waals surface area contributed by atoms with E-state index in [9.17, 15) is 22.4 Å². The quantitative estimate of drug-likeness (QED) is 0.855. The summed E-state index contributed by atoms with van der Waals surface area (Å²) < 4.78 is 53.2. The highest BCUT2D eigenvalue weighted by molar-refractivity contribution is 5.31. The van der Waals surface area contributed by atoms with Gasteiger partial charge >= 0.3 is 6.18 Å². The van der Waals surface area contributed by atoms with E-state index in [0.717, 1.165) is 18.2 Å². The molecule has 1 aliphatic rings. The van der Waals surface area contributed by atoms with Gasteiger partial charge in [0, 0.05) is 31.6 Å². The molecule has 1 aromatic carbocycles. The third-order valence-electron chi connectivity index (χ3n) is 4.07. The Hall–Kier alpha value is -2.22. The van der Waals surface area contributed by atoms with Gasteiger partial charge in [0.2, 0.25) is 0 Å². The van der Waals surface area contributed by atoms with Crippen molar-refractivity contribution in [3.8, 4) is 0 Å². The molecular weight excluding hydrogens is 326 g/mol. The van der Waals surface area contributed by atoms with Gasteiger partial charge in [-0.3, -0.25) is 9.69 Å². The van der Waals surface area contributed by atoms with Crippen LogP contribution in [-0.2, 0) is 25.7 Å². The molecule has 0 spiro atoms. The molecule has 24 heavy (non-hydrogen) atoms. The molecule has 0 amide bonds. The van der Waals surface area contributed by atoms with E-state index in [1.807, 2.05) is 0 Å². The lowest BCUT2D eigenvalue weighted by Gasteiger charge is -2.28. The van der Waals surface area contributed by atoms with E-state index >= 15 is 0 Å². The number of aryl methyl sites for hydroxylation is 1. The molecule has 0 unspecified atom stereocenters. The number of aromatic nitrogens is 2. The van der Waals surface area contributed by atoms with Crippen molar-refractivity contribution in [2.45, 2.75) is 32.6 Å². The molecule has 2 aromatic rings. The van der Waals surface area contributed by atoms with Gasteiger partial charge in [0.05, 0.1) is 16.8 Å². The van der Waals surface area contributed by atoms with Crippen LogP contribution in [0.15, 0.2) is 23.0 Å². The van der Waals surface area contributed by atoms with Gasteiger partial charge in [-0.1, -0.05) is 6.07 Å². The summed E-state index contributed by atoms with van der Waals surface area (Å²) in [5, 5.41) is 0. The minimum absolute atomic E-state index is 0.142. The molecule has 3 rings (SSSR count). The van der Waals surface area contributed by atoms with Crippen LogP contribution in [0.1, 0.15) is 28.2 Å². The van der Waals surface area contributed by atoms with E-state index in [1.54, 1.807) is 11.8 Å². The standard InChI is InChI=1S/C16H15F4N3O/c1-9-21-14-5-6-23(8-11(14)15(24)22-9)7-10-12(16(18,19)20)3-2-4-13(10)17/h2-4H,5-8H2,1H3,(H,21,22,24). The largest absolute Gasteiger partial charge is 0.416 e. The molecule has 2 heterocycles. The Morgan fingerprint density at radius 3 is 2.79 bits per heavy atom. The molecule has 4 nitrogen and oxygen atoms in total. The Morgan fingerprint density at radius 2 is 2.08 bits per heavy atom. The summed E-state index contributed by atoms with van der Waals surface area (Å²) in [4.78, 5) is 20.5. The first-order valence-electron chi connectivity index (χ1n) is 7.41. The fourth-order valence-electron chi connectivity index (χ4n) is 2.95. The number of aromatic amines is 1. The van der Waals surface area contributed by atoms with Crippen LogP contribution in [0.3, 0.4) is 0 Å². The van der Waals surface area contributed by atoms with Crippen LogP contribution in [0.2, 0.25) is 0 Å². The zero-order valence-corrected chi connectivity index (χ0v) is 12.9. The van der Waals surface area contributed by atoms with Crippen LogP contribution in [-0.4, -0.2) is 21.4 Å². The van der Waals surface area contributed by atoms with E-state index in [1.165, 1.54) is 0 Å². The zero-order valence-electron chi connectivity index (χ0n) is 12.9. The number of benzene rings is 1. The summed E-state index contributed by atoms with van der Waals surface area (Å²) in [6, 6.07) is 2.93. The lowest BCUT2D eigenvalue weighted by molar-refractivity contribution is -0.138. The summed E-state index contributed by atoms with van der Waals surface area (Å²) >= 11 is 0. The molecule has 8 heteroatoms. The Labute approximate surface area is 135 Å². The summed E-state index contributed by atoms with van der Waals surface area (Å²) in [5.41, 5.74) is -0.602. The van der Waals surface area contributed by atoms with Crippen LogP contribution >= 0.6 is 0 Å². The van der Waals surface area contributed by atoms with Crippen LogP contribution in [0.5, 0.6) is 0 Å². The average Bonchev–Trinajstić information content (AvgIpc) is 2.48. The van der Waals surface area contributed by atoms with Gasteiger partial charge in [0.15, 0.2) is 0 Å². The van der Waals surface area contributed by atoms with Crippen molar-refractivity contribution < 1.29 is 17.6 Å². The van der Waals surface area contributed by atoms with Crippen LogP contribution in [0, 0.1) is 12.7 Å². The van der Waals surface area contributed by atoms with Crippen LogP contribution < -0.4 is 5.56 Å². The number of H-pyrrole nitrogens is 1. The Balaban J connectivity index is 1.90. The van der Waals surface area contributed by atoms with E-state index in [4.69, 9.17) is 0 Å². The first kappa shape index (κ1) is 16.6. The van der Waals surface area contributed by atoms with E-state index in [0.29, 0.717) is 30.0 Å². The average molecular weight is 341 g/mol.